The van der Waals surface area contributed by atoms with E-state index in [-0.39, 0.29) is 18.2 Å². The number of amides is 2. The minimum atomic E-state index is -0.945. The summed E-state index contributed by atoms with van der Waals surface area (Å²) in [6, 6.07) is -0.727. The first kappa shape index (κ1) is 15.9. The van der Waals surface area contributed by atoms with E-state index in [1.807, 2.05) is 0 Å². The van der Waals surface area contributed by atoms with Crippen LogP contribution in [0, 0.1) is 0 Å². The molecule has 124 valence electrons. The van der Waals surface area contributed by atoms with E-state index in [4.69, 9.17) is 0 Å². The molecule has 0 radical (unpaired) electrons. The van der Waals surface area contributed by atoms with Crippen LogP contribution in [0.1, 0.15) is 37.8 Å². The Bertz CT molecular complexity index is 630. The van der Waals surface area contributed by atoms with E-state index in [1.165, 1.54) is 16.2 Å². The van der Waals surface area contributed by atoms with Crippen LogP contribution in [-0.2, 0) is 20.8 Å². The van der Waals surface area contributed by atoms with Crippen LogP contribution in [0.2, 0.25) is 0 Å². The molecule has 0 bridgehead atoms. The van der Waals surface area contributed by atoms with E-state index in [2.05, 4.69) is 4.98 Å². The van der Waals surface area contributed by atoms with Crippen molar-refractivity contribution < 1.29 is 19.5 Å². The number of nitrogens with zero attached hydrogens (tertiary/aromatic N) is 3. The molecule has 2 aliphatic rings. The molecule has 3 rings (SSSR count). The van der Waals surface area contributed by atoms with Crippen LogP contribution in [0.15, 0.2) is 5.38 Å². The molecule has 2 aliphatic heterocycles. The maximum atomic E-state index is 12.4. The predicted molar refractivity (Wildman–Crippen MR) is 84.4 cm³/mol. The molecule has 0 saturated carbocycles. The second kappa shape index (κ2) is 6.66. The SMILES string of the molecule is O=C(O)C1CCCCN1C(=O)Cc1csc(N2CCCC2=O)n1. The summed E-state index contributed by atoms with van der Waals surface area (Å²) >= 11 is 1.35. The van der Waals surface area contributed by atoms with Gasteiger partial charge in [-0.25, -0.2) is 9.78 Å². The summed E-state index contributed by atoms with van der Waals surface area (Å²) in [5, 5.41) is 11.7. The van der Waals surface area contributed by atoms with Crippen molar-refractivity contribution in [3.05, 3.63) is 11.1 Å². The normalized spacial score (nSPS) is 21.7. The highest BCUT2D eigenvalue weighted by Gasteiger charge is 2.32. The van der Waals surface area contributed by atoms with Gasteiger partial charge in [0, 0.05) is 24.9 Å². The fraction of sp³-hybridized carbons (Fsp3) is 0.600. The van der Waals surface area contributed by atoms with Gasteiger partial charge in [-0.1, -0.05) is 0 Å². The summed E-state index contributed by atoms with van der Waals surface area (Å²) < 4.78 is 0. The van der Waals surface area contributed by atoms with E-state index in [1.54, 1.807) is 10.3 Å². The lowest BCUT2D eigenvalue weighted by Crippen LogP contribution is -2.48. The van der Waals surface area contributed by atoms with Gasteiger partial charge in [-0.15, -0.1) is 11.3 Å². The smallest absolute Gasteiger partial charge is 0.326 e. The number of rotatable bonds is 4. The number of carbonyl (C=O) groups is 3. The van der Waals surface area contributed by atoms with Crippen LogP contribution in [0.4, 0.5) is 5.13 Å². The average Bonchev–Trinajstić information content (AvgIpc) is 3.15. The molecule has 0 spiro atoms. The van der Waals surface area contributed by atoms with Crippen molar-refractivity contribution in [3.63, 3.8) is 0 Å². The van der Waals surface area contributed by atoms with Crippen molar-refractivity contribution in [2.24, 2.45) is 0 Å². The van der Waals surface area contributed by atoms with E-state index in [0.717, 1.165) is 19.3 Å². The molecule has 0 aromatic carbocycles. The number of carbonyl (C=O) groups excluding carboxylic acids is 2. The Balaban J connectivity index is 1.67. The Morgan fingerprint density at radius 1 is 1.30 bits per heavy atom. The summed E-state index contributed by atoms with van der Waals surface area (Å²) in [6.07, 6.45) is 3.63. The van der Waals surface area contributed by atoms with Crippen LogP contribution in [0.25, 0.3) is 0 Å². The lowest BCUT2D eigenvalue weighted by Gasteiger charge is -2.32. The molecule has 2 saturated heterocycles. The Morgan fingerprint density at radius 2 is 2.13 bits per heavy atom. The van der Waals surface area contributed by atoms with Gasteiger partial charge in [0.2, 0.25) is 11.8 Å². The molecule has 2 fully saturated rings. The number of thiazole rings is 1. The maximum Gasteiger partial charge on any atom is 0.326 e. The van der Waals surface area contributed by atoms with Gasteiger partial charge >= 0.3 is 5.97 Å². The highest BCUT2D eigenvalue weighted by atomic mass is 32.1. The van der Waals surface area contributed by atoms with Crippen LogP contribution >= 0.6 is 11.3 Å². The van der Waals surface area contributed by atoms with E-state index in [0.29, 0.717) is 36.8 Å². The molecule has 1 atom stereocenters. The van der Waals surface area contributed by atoms with Crippen LogP contribution in [-0.4, -0.2) is 51.9 Å². The molecule has 7 nitrogen and oxygen atoms in total. The molecular weight excluding hydrogens is 318 g/mol. The van der Waals surface area contributed by atoms with Gasteiger partial charge in [-0.2, -0.15) is 0 Å². The first-order chi connectivity index (χ1) is 11.1. The van der Waals surface area contributed by atoms with Gasteiger partial charge in [0.15, 0.2) is 5.13 Å². The largest absolute Gasteiger partial charge is 0.480 e. The van der Waals surface area contributed by atoms with Crippen molar-refractivity contribution >= 4 is 34.3 Å². The number of aliphatic carboxylic acids is 1. The third kappa shape index (κ3) is 3.36. The standard InChI is InChI=1S/C15H19N3O4S/c19-12-5-3-7-18(12)15-16-10(9-23-15)8-13(20)17-6-2-1-4-11(17)14(21)22/h9,11H,1-8H2,(H,21,22). The number of likely N-dealkylation sites (tertiary alicyclic amines) is 1. The van der Waals surface area contributed by atoms with Crippen LogP contribution in [0.5, 0.6) is 0 Å². The minimum Gasteiger partial charge on any atom is -0.480 e. The summed E-state index contributed by atoms with van der Waals surface area (Å²) in [5.74, 6) is -1.08. The number of carboxylic acids is 1. The molecule has 3 heterocycles. The van der Waals surface area contributed by atoms with Crippen LogP contribution in [0.3, 0.4) is 0 Å². The lowest BCUT2D eigenvalue weighted by atomic mass is 10.0. The number of hydrogen-bond acceptors (Lipinski definition) is 5. The summed E-state index contributed by atoms with van der Waals surface area (Å²) in [7, 11) is 0. The van der Waals surface area contributed by atoms with Crippen molar-refractivity contribution in [3.8, 4) is 0 Å². The summed E-state index contributed by atoms with van der Waals surface area (Å²) in [6.45, 7) is 1.16. The van der Waals surface area contributed by atoms with E-state index < -0.39 is 12.0 Å². The topological polar surface area (TPSA) is 90.8 Å². The molecule has 0 aliphatic carbocycles. The first-order valence-electron chi connectivity index (χ1n) is 7.83. The lowest BCUT2D eigenvalue weighted by molar-refractivity contribution is -0.151. The maximum absolute atomic E-state index is 12.4. The second-order valence-corrected chi connectivity index (χ2v) is 6.72. The molecule has 2 amide bonds. The van der Waals surface area contributed by atoms with Gasteiger partial charge < -0.3 is 10.0 Å². The van der Waals surface area contributed by atoms with Gasteiger partial charge in [0.05, 0.1) is 12.1 Å². The Hall–Kier alpha value is -1.96. The second-order valence-electron chi connectivity index (χ2n) is 5.88. The molecular formula is C15H19N3O4S. The Labute approximate surface area is 137 Å². The number of carboxylic acid groups (broad SMARTS) is 1. The van der Waals surface area contributed by atoms with Gasteiger partial charge in [-0.3, -0.25) is 14.5 Å². The predicted octanol–water partition coefficient (Wildman–Crippen LogP) is 1.28. The summed E-state index contributed by atoms with van der Waals surface area (Å²) in [4.78, 5) is 42.9. The van der Waals surface area contributed by atoms with Crippen molar-refractivity contribution in [2.75, 3.05) is 18.0 Å². The third-order valence-electron chi connectivity index (χ3n) is 4.28. The first-order valence-corrected chi connectivity index (χ1v) is 8.71. The van der Waals surface area contributed by atoms with E-state index in [9.17, 15) is 19.5 Å². The van der Waals surface area contributed by atoms with E-state index >= 15 is 0 Å². The number of hydrogen-bond donors (Lipinski definition) is 1. The van der Waals surface area contributed by atoms with Crippen LogP contribution < -0.4 is 4.90 Å². The molecule has 8 heteroatoms. The molecule has 1 aromatic rings. The van der Waals surface area contributed by atoms with Gasteiger partial charge in [0.1, 0.15) is 6.04 Å². The zero-order valence-electron chi connectivity index (χ0n) is 12.7. The molecule has 1 N–H and O–H groups in total. The molecule has 1 unspecified atom stereocenters. The zero-order chi connectivity index (χ0) is 16.4. The van der Waals surface area contributed by atoms with Crippen molar-refractivity contribution in [1.82, 2.24) is 9.88 Å². The minimum absolute atomic E-state index is 0.0687. The zero-order valence-corrected chi connectivity index (χ0v) is 13.5. The quantitative estimate of drug-likeness (QED) is 0.894. The van der Waals surface area contributed by atoms with Crippen molar-refractivity contribution in [2.45, 2.75) is 44.6 Å². The Kier molecular flexibility index (Phi) is 4.61. The number of piperidine rings is 1. The van der Waals surface area contributed by atoms with Gasteiger partial charge in [-0.05, 0) is 25.7 Å². The monoisotopic (exact) mass is 337 g/mol. The Morgan fingerprint density at radius 3 is 2.83 bits per heavy atom. The highest BCUT2D eigenvalue weighted by Crippen LogP contribution is 2.26. The van der Waals surface area contributed by atoms with Crippen molar-refractivity contribution in [1.29, 1.82) is 0 Å². The fourth-order valence-electron chi connectivity index (χ4n) is 3.10. The average molecular weight is 337 g/mol. The third-order valence-corrected chi connectivity index (χ3v) is 5.20. The molecule has 23 heavy (non-hydrogen) atoms. The fourth-order valence-corrected chi connectivity index (χ4v) is 3.96. The summed E-state index contributed by atoms with van der Waals surface area (Å²) in [5.41, 5.74) is 0.601. The number of anilines is 1. The highest BCUT2D eigenvalue weighted by molar-refractivity contribution is 7.14. The number of aromatic nitrogens is 1. The van der Waals surface area contributed by atoms with Gasteiger partial charge in [0.25, 0.3) is 0 Å². The molecule has 1 aromatic heterocycles.